The number of halogens is 3. The van der Waals surface area contributed by atoms with Gasteiger partial charge in [0.25, 0.3) is 5.91 Å². The second-order valence-corrected chi connectivity index (χ2v) is 5.81. The average molecular weight is 386 g/mol. The normalized spacial score (nSPS) is 10.2. The molecule has 25 heavy (non-hydrogen) atoms. The lowest BCUT2D eigenvalue weighted by Crippen LogP contribution is -2.21. The van der Waals surface area contributed by atoms with Crippen molar-refractivity contribution < 1.29 is 23.5 Å². The Morgan fingerprint density at radius 2 is 1.92 bits per heavy atom. The molecule has 0 unspecified atom stereocenters. The van der Waals surface area contributed by atoms with Crippen LogP contribution in [0.4, 0.5) is 10.1 Å². The van der Waals surface area contributed by atoms with Gasteiger partial charge in [0.15, 0.2) is 6.61 Å². The Hall–Kier alpha value is -2.31. The second kappa shape index (κ2) is 8.69. The first-order valence-corrected chi connectivity index (χ1v) is 7.87. The summed E-state index contributed by atoms with van der Waals surface area (Å²) in [4.78, 5) is 23.6. The van der Waals surface area contributed by atoms with Gasteiger partial charge in [-0.3, -0.25) is 9.59 Å². The van der Waals surface area contributed by atoms with Crippen LogP contribution < -0.4 is 10.1 Å². The molecule has 0 aliphatic carbocycles. The molecular weight excluding hydrogens is 372 g/mol. The number of hydrogen-bond acceptors (Lipinski definition) is 4. The summed E-state index contributed by atoms with van der Waals surface area (Å²) in [6, 6.07) is 8.58. The molecule has 2 rings (SSSR count). The first kappa shape index (κ1) is 19.0. The minimum absolute atomic E-state index is 0.0978. The molecule has 2 aromatic carbocycles. The van der Waals surface area contributed by atoms with Crippen molar-refractivity contribution in [2.24, 2.45) is 0 Å². The summed E-state index contributed by atoms with van der Waals surface area (Å²) in [5.41, 5.74) is 0.842. The van der Waals surface area contributed by atoms with Crippen molar-refractivity contribution in [2.45, 2.75) is 6.42 Å². The van der Waals surface area contributed by atoms with E-state index in [2.05, 4.69) is 5.32 Å². The summed E-state index contributed by atoms with van der Waals surface area (Å²) >= 11 is 11.5. The van der Waals surface area contributed by atoms with Crippen LogP contribution in [-0.2, 0) is 20.7 Å². The van der Waals surface area contributed by atoms with Crippen molar-refractivity contribution in [1.29, 1.82) is 0 Å². The predicted molar refractivity (Wildman–Crippen MR) is 92.7 cm³/mol. The highest BCUT2D eigenvalue weighted by molar-refractivity contribution is 6.31. The maximum Gasteiger partial charge on any atom is 0.310 e. The first-order valence-electron chi connectivity index (χ1n) is 7.12. The van der Waals surface area contributed by atoms with Gasteiger partial charge < -0.3 is 14.8 Å². The van der Waals surface area contributed by atoms with Crippen LogP contribution in [0, 0.1) is 5.82 Å². The zero-order valence-corrected chi connectivity index (χ0v) is 14.7. The van der Waals surface area contributed by atoms with Gasteiger partial charge in [0.2, 0.25) is 0 Å². The van der Waals surface area contributed by atoms with E-state index in [-0.39, 0.29) is 11.4 Å². The summed E-state index contributed by atoms with van der Waals surface area (Å²) in [6.45, 7) is -0.489. The molecule has 0 saturated heterocycles. The van der Waals surface area contributed by atoms with Gasteiger partial charge in [-0.05, 0) is 36.4 Å². The lowest BCUT2D eigenvalue weighted by molar-refractivity contribution is -0.146. The van der Waals surface area contributed by atoms with Crippen molar-refractivity contribution in [2.75, 3.05) is 19.0 Å². The van der Waals surface area contributed by atoms with Crippen LogP contribution in [0.15, 0.2) is 36.4 Å². The molecule has 1 N–H and O–H groups in total. The van der Waals surface area contributed by atoms with E-state index in [0.717, 1.165) is 6.07 Å². The van der Waals surface area contributed by atoms with Gasteiger partial charge in [0.05, 0.1) is 18.6 Å². The summed E-state index contributed by atoms with van der Waals surface area (Å²) in [5.74, 6) is -1.30. The minimum atomic E-state index is -0.618. The van der Waals surface area contributed by atoms with Crippen molar-refractivity contribution in [3.63, 3.8) is 0 Å². The van der Waals surface area contributed by atoms with E-state index in [1.807, 2.05) is 0 Å². The molecule has 8 heteroatoms. The Kier molecular flexibility index (Phi) is 6.61. The molecule has 0 spiro atoms. The van der Waals surface area contributed by atoms with Gasteiger partial charge in [-0.1, -0.05) is 23.2 Å². The second-order valence-electron chi connectivity index (χ2n) is 4.97. The van der Waals surface area contributed by atoms with Crippen molar-refractivity contribution in [3.05, 3.63) is 57.8 Å². The number of rotatable bonds is 6. The van der Waals surface area contributed by atoms with Crippen molar-refractivity contribution >= 4 is 40.8 Å². The third-order valence-electron chi connectivity index (χ3n) is 3.14. The van der Waals surface area contributed by atoms with Crippen LogP contribution >= 0.6 is 23.2 Å². The highest BCUT2D eigenvalue weighted by Crippen LogP contribution is 2.23. The van der Waals surface area contributed by atoms with Gasteiger partial charge in [0.1, 0.15) is 11.6 Å². The Labute approximate surface area is 153 Å². The van der Waals surface area contributed by atoms with E-state index in [4.69, 9.17) is 32.7 Å². The first-order chi connectivity index (χ1) is 11.9. The number of amides is 1. The Balaban J connectivity index is 1.88. The third-order valence-corrected chi connectivity index (χ3v) is 3.67. The molecular formula is C17H14Cl2FNO4. The summed E-state index contributed by atoms with van der Waals surface area (Å²) in [5, 5.41) is 2.78. The van der Waals surface area contributed by atoms with E-state index in [0.29, 0.717) is 22.0 Å². The maximum absolute atomic E-state index is 13.1. The van der Waals surface area contributed by atoms with Gasteiger partial charge in [-0.15, -0.1) is 0 Å². The lowest BCUT2D eigenvalue weighted by atomic mass is 10.1. The molecule has 0 bridgehead atoms. The van der Waals surface area contributed by atoms with Crippen molar-refractivity contribution in [3.8, 4) is 5.75 Å². The van der Waals surface area contributed by atoms with E-state index in [9.17, 15) is 14.0 Å². The van der Waals surface area contributed by atoms with Crippen LogP contribution in [0.3, 0.4) is 0 Å². The van der Waals surface area contributed by atoms with Crippen LogP contribution in [0.5, 0.6) is 5.75 Å². The zero-order valence-electron chi connectivity index (χ0n) is 13.1. The number of ether oxygens (including phenoxy) is 2. The highest BCUT2D eigenvalue weighted by atomic mass is 35.5. The summed E-state index contributed by atoms with van der Waals surface area (Å²) in [7, 11) is 1.47. The number of esters is 1. The zero-order chi connectivity index (χ0) is 18.4. The predicted octanol–water partition coefficient (Wildman–Crippen LogP) is 3.87. The van der Waals surface area contributed by atoms with Crippen LogP contribution in [0.2, 0.25) is 10.0 Å². The van der Waals surface area contributed by atoms with Crippen LogP contribution in [-0.4, -0.2) is 25.6 Å². The lowest BCUT2D eigenvalue weighted by Gasteiger charge is -2.10. The molecule has 0 saturated carbocycles. The molecule has 132 valence electrons. The smallest absolute Gasteiger partial charge is 0.310 e. The molecule has 0 fully saturated rings. The fourth-order valence-electron chi connectivity index (χ4n) is 2.01. The van der Waals surface area contributed by atoms with E-state index in [1.165, 1.54) is 19.2 Å². The number of benzene rings is 2. The SMILES string of the molecule is COc1ccc(Cl)cc1CC(=O)OCC(=O)Nc1ccc(F)c(Cl)c1. The monoisotopic (exact) mass is 385 g/mol. The minimum Gasteiger partial charge on any atom is -0.496 e. The number of hydrogen-bond donors (Lipinski definition) is 1. The van der Waals surface area contributed by atoms with Gasteiger partial charge in [-0.2, -0.15) is 0 Å². The van der Waals surface area contributed by atoms with Gasteiger partial charge in [-0.25, -0.2) is 4.39 Å². The van der Waals surface area contributed by atoms with Crippen molar-refractivity contribution in [1.82, 2.24) is 0 Å². The van der Waals surface area contributed by atoms with Crippen LogP contribution in [0.1, 0.15) is 5.56 Å². The van der Waals surface area contributed by atoms with Gasteiger partial charge >= 0.3 is 5.97 Å². The Morgan fingerprint density at radius 1 is 1.16 bits per heavy atom. The fourth-order valence-corrected chi connectivity index (χ4v) is 2.38. The average Bonchev–Trinajstić information content (AvgIpc) is 2.57. The van der Waals surface area contributed by atoms with E-state index < -0.39 is 24.3 Å². The van der Waals surface area contributed by atoms with Gasteiger partial charge in [0, 0.05) is 16.3 Å². The third kappa shape index (κ3) is 5.62. The fraction of sp³-hybridized carbons (Fsp3) is 0.176. The summed E-state index contributed by atoms with van der Waals surface area (Å²) in [6.07, 6.45) is -0.0978. The number of carbonyl (C=O) groups excluding carboxylic acids is 2. The molecule has 0 aliphatic rings. The highest BCUT2D eigenvalue weighted by Gasteiger charge is 2.13. The molecule has 0 aliphatic heterocycles. The molecule has 5 nitrogen and oxygen atoms in total. The maximum atomic E-state index is 13.1. The molecule has 0 radical (unpaired) electrons. The van der Waals surface area contributed by atoms with E-state index >= 15 is 0 Å². The molecule has 0 heterocycles. The molecule has 0 aromatic heterocycles. The molecule has 0 atom stereocenters. The molecule has 2 aromatic rings. The number of methoxy groups -OCH3 is 1. The Morgan fingerprint density at radius 3 is 2.60 bits per heavy atom. The Bertz CT molecular complexity index is 798. The van der Waals surface area contributed by atoms with E-state index in [1.54, 1.807) is 18.2 Å². The standard InChI is InChI=1S/C17H14Cl2FNO4/c1-24-15-5-2-11(18)6-10(15)7-17(23)25-9-16(22)21-12-3-4-14(20)13(19)8-12/h2-6,8H,7,9H2,1H3,(H,21,22). The molecule has 1 amide bonds. The topological polar surface area (TPSA) is 64.6 Å². The summed E-state index contributed by atoms with van der Waals surface area (Å²) < 4.78 is 23.1. The number of carbonyl (C=O) groups is 2. The quantitative estimate of drug-likeness (QED) is 0.766. The van der Waals surface area contributed by atoms with Crippen LogP contribution in [0.25, 0.3) is 0 Å². The number of anilines is 1. The number of nitrogens with one attached hydrogen (secondary N) is 1. The largest absolute Gasteiger partial charge is 0.496 e.